The molecule has 31 heavy (non-hydrogen) atoms. The normalized spacial score (nSPS) is 14.7. The minimum Gasteiger partial charge on any atom is -0.383 e. The van der Waals surface area contributed by atoms with E-state index >= 15 is 0 Å². The number of amides is 2. The van der Waals surface area contributed by atoms with Crippen molar-refractivity contribution in [1.82, 2.24) is 9.62 Å². The van der Waals surface area contributed by atoms with E-state index in [0.717, 1.165) is 19.3 Å². The SMILES string of the molecule is COCCNC(=O)c1ccccc1NC(=O)c1cccc(S(=O)(=O)N2CCCCC2)c1. The summed E-state index contributed by atoms with van der Waals surface area (Å²) in [6.07, 6.45) is 2.69. The lowest BCUT2D eigenvalue weighted by Crippen LogP contribution is -2.35. The Bertz CT molecular complexity index is 1030. The molecule has 0 radical (unpaired) electrons. The fourth-order valence-electron chi connectivity index (χ4n) is 3.40. The molecule has 0 bridgehead atoms. The number of nitrogens with one attached hydrogen (secondary N) is 2. The Morgan fingerprint density at radius 1 is 1.00 bits per heavy atom. The van der Waals surface area contributed by atoms with E-state index in [4.69, 9.17) is 4.74 Å². The number of benzene rings is 2. The third-order valence-corrected chi connectivity index (χ3v) is 6.96. The summed E-state index contributed by atoms with van der Waals surface area (Å²) in [4.78, 5) is 25.3. The zero-order valence-corrected chi connectivity index (χ0v) is 18.3. The molecular formula is C22H27N3O5S. The van der Waals surface area contributed by atoms with Gasteiger partial charge in [-0.3, -0.25) is 9.59 Å². The standard InChI is InChI=1S/C22H27N3O5S/c1-30-15-12-23-22(27)19-10-3-4-11-20(19)24-21(26)17-8-7-9-18(16-17)31(28,29)25-13-5-2-6-14-25/h3-4,7-11,16H,2,5-6,12-15H2,1H3,(H,23,27)(H,24,26). The van der Waals surface area contributed by atoms with Crippen LogP contribution in [0.3, 0.4) is 0 Å². The van der Waals surface area contributed by atoms with Crippen LogP contribution in [-0.2, 0) is 14.8 Å². The van der Waals surface area contributed by atoms with Gasteiger partial charge >= 0.3 is 0 Å². The van der Waals surface area contributed by atoms with Crippen LogP contribution in [0.4, 0.5) is 5.69 Å². The van der Waals surface area contributed by atoms with Crippen molar-refractivity contribution in [3.05, 3.63) is 59.7 Å². The van der Waals surface area contributed by atoms with E-state index < -0.39 is 15.9 Å². The van der Waals surface area contributed by atoms with Crippen molar-refractivity contribution in [1.29, 1.82) is 0 Å². The minimum atomic E-state index is -3.65. The summed E-state index contributed by atoms with van der Waals surface area (Å²) in [7, 11) is -2.11. The molecular weight excluding hydrogens is 418 g/mol. The molecule has 3 rings (SSSR count). The summed E-state index contributed by atoms with van der Waals surface area (Å²) in [6, 6.07) is 12.6. The number of carbonyl (C=O) groups excluding carboxylic acids is 2. The second-order valence-electron chi connectivity index (χ2n) is 7.24. The monoisotopic (exact) mass is 445 g/mol. The van der Waals surface area contributed by atoms with Crippen molar-refractivity contribution in [2.45, 2.75) is 24.2 Å². The van der Waals surface area contributed by atoms with Crippen molar-refractivity contribution >= 4 is 27.5 Å². The molecule has 1 aliphatic heterocycles. The number of ether oxygens (including phenoxy) is 1. The molecule has 2 aromatic carbocycles. The summed E-state index contributed by atoms with van der Waals surface area (Å²) in [5.41, 5.74) is 0.850. The van der Waals surface area contributed by atoms with Gasteiger partial charge in [0.1, 0.15) is 0 Å². The first-order valence-corrected chi connectivity index (χ1v) is 11.6. The zero-order chi connectivity index (χ0) is 22.3. The van der Waals surface area contributed by atoms with Gasteiger partial charge in [-0.15, -0.1) is 0 Å². The van der Waals surface area contributed by atoms with Crippen LogP contribution in [0.2, 0.25) is 0 Å². The van der Waals surface area contributed by atoms with Gasteiger partial charge in [0, 0.05) is 32.3 Å². The van der Waals surface area contributed by atoms with Crippen LogP contribution in [-0.4, -0.2) is 57.9 Å². The molecule has 2 N–H and O–H groups in total. The number of anilines is 1. The highest BCUT2D eigenvalue weighted by atomic mass is 32.2. The Labute approximate surface area is 182 Å². The molecule has 1 saturated heterocycles. The molecule has 0 aromatic heterocycles. The van der Waals surface area contributed by atoms with Crippen molar-refractivity contribution in [2.24, 2.45) is 0 Å². The zero-order valence-electron chi connectivity index (χ0n) is 17.5. The summed E-state index contributed by atoms with van der Waals surface area (Å²) in [6.45, 7) is 1.70. The average molecular weight is 446 g/mol. The fourth-order valence-corrected chi connectivity index (χ4v) is 4.96. The summed E-state index contributed by atoms with van der Waals surface area (Å²) in [5, 5.41) is 5.44. The summed E-state index contributed by atoms with van der Waals surface area (Å²) < 4.78 is 32.2. The van der Waals surface area contributed by atoms with E-state index in [2.05, 4.69) is 10.6 Å². The molecule has 0 unspecified atom stereocenters. The lowest BCUT2D eigenvalue weighted by atomic mass is 10.1. The average Bonchev–Trinajstić information content (AvgIpc) is 2.80. The number of methoxy groups -OCH3 is 1. The Kier molecular flexibility index (Phi) is 7.78. The number of piperidine rings is 1. The molecule has 1 fully saturated rings. The molecule has 0 atom stereocenters. The van der Waals surface area contributed by atoms with Gasteiger partial charge in [-0.1, -0.05) is 24.6 Å². The molecule has 1 heterocycles. The Morgan fingerprint density at radius 2 is 1.74 bits per heavy atom. The Hall–Kier alpha value is -2.75. The first-order valence-electron chi connectivity index (χ1n) is 10.2. The highest BCUT2D eigenvalue weighted by Crippen LogP contribution is 2.22. The molecule has 0 spiro atoms. The van der Waals surface area contributed by atoms with E-state index in [0.29, 0.717) is 37.5 Å². The molecule has 8 nitrogen and oxygen atoms in total. The van der Waals surface area contributed by atoms with Gasteiger partial charge in [-0.05, 0) is 43.2 Å². The number of carbonyl (C=O) groups is 2. The first-order chi connectivity index (χ1) is 14.9. The maximum Gasteiger partial charge on any atom is 0.255 e. The molecule has 0 aliphatic carbocycles. The summed E-state index contributed by atoms with van der Waals surface area (Å²) >= 11 is 0. The van der Waals surface area contributed by atoms with Crippen molar-refractivity contribution in [3.8, 4) is 0 Å². The van der Waals surface area contributed by atoms with Gasteiger partial charge in [0.2, 0.25) is 10.0 Å². The first kappa shape index (κ1) is 22.9. The Morgan fingerprint density at radius 3 is 2.48 bits per heavy atom. The number of nitrogens with zero attached hydrogens (tertiary/aromatic N) is 1. The van der Waals surface area contributed by atoms with Gasteiger partial charge < -0.3 is 15.4 Å². The van der Waals surface area contributed by atoms with Crippen molar-refractivity contribution < 1.29 is 22.7 Å². The quantitative estimate of drug-likeness (QED) is 0.608. The number of para-hydroxylation sites is 1. The molecule has 9 heteroatoms. The fraction of sp³-hybridized carbons (Fsp3) is 0.364. The van der Waals surface area contributed by atoms with Gasteiger partial charge in [-0.2, -0.15) is 4.31 Å². The molecule has 2 aromatic rings. The summed E-state index contributed by atoms with van der Waals surface area (Å²) in [5.74, 6) is -0.831. The predicted molar refractivity (Wildman–Crippen MR) is 118 cm³/mol. The van der Waals surface area contributed by atoms with Gasteiger partial charge in [0.05, 0.1) is 22.8 Å². The van der Waals surface area contributed by atoms with E-state index in [1.807, 2.05) is 0 Å². The highest BCUT2D eigenvalue weighted by molar-refractivity contribution is 7.89. The van der Waals surface area contributed by atoms with Gasteiger partial charge in [0.25, 0.3) is 11.8 Å². The predicted octanol–water partition coefficient (Wildman–Crippen LogP) is 2.49. The van der Waals surface area contributed by atoms with E-state index in [9.17, 15) is 18.0 Å². The maximum absolute atomic E-state index is 12.9. The van der Waals surface area contributed by atoms with Crippen LogP contribution >= 0.6 is 0 Å². The molecule has 1 aliphatic rings. The Balaban J connectivity index is 1.78. The van der Waals surface area contributed by atoms with Gasteiger partial charge in [-0.25, -0.2) is 8.42 Å². The number of rotatable bonds is 8. The van der Waals surface area contributed by atoms with Crippen LogP contribution in [0, 0.1) is 0 Å². The number of sulfonamides is 1. The largest absolute Gasteiger partial charge is 0.383 e. The highest BCUT2D eigenvalue weighted by Gasteiger charge is 2.26. The second kappa shape index (κ2) is 10.5. The number of hydrogen-bond donors (Lipinski definition) is 2. The van der Waals surface area contributed by atoms with Crippen LogP contribution in [0.15, 0.2) is 53.4 Å². The number of hydrogen-bond acceptors (Lipinski definition) is 5. The minimum absolute atomic E-state index is 0.0904. The molecule has 2 amide bonds. The molecule has 166 valence electrons. The smallest absolute Gasteiger partial charge is 0.255 e. The maximum atomic E-state index is 12.9. The lowest BCUT2D eigenvalue weighted by molar-refractivity contribution is 0.0938. The van der Waals surface area contributed by atoms with Crippen LogP contribution < -0.4 is 10.6 Å². The topological polar surface area (TPSA) is 105 Å². The van der Waals surface area contributed by atoms with Crippen LogP contribution in [0.5, 0.6) is 0 Å². The third-order valence-electron chi connectivity index (χ3n) is 5.06. The van der Waals surface area contributed by atoms with Crippen molar-refractivity contribution in [2.75, 3.05) is 38.7 Å². The molecule has 0 saturated carbocycles. The van der Waals surface area contributed by atoms with E-state index in [-0.39, 0.29) is 16.4 Å². The van der Waals surface area contributed by atoms with Crippen molar-refractivity contribution in [3.63, 3.8) is 0 Å². The third kappa shape index (κ3) is 5.69. The van der Waals surface area contributed by atoms with Crippen LogP contribution in [0.25, 0.3) is 0 Å². The van der Waals surface area contributed by atoms with Gasteiger partial charge in [0.15, 0.2) is 0 Å². The second-order valence-corrected chi connectivity index (χ2v) is 9.18. The van der Waals surface area contributed by atoms with E-state index in [1.165, 1.54) is 16.4 Å². The van der Waals surface area contributed by atoms with E-state index in [1.54, 1.807) is 43.5 Å². The van der Waals surface area contributed by atoms with Crippen LogP contribution in [0.1, 0.15) is 40.0 Å². The lowest BCUT2D eigenvalue weighted by Gasteiger charge is -2.26.